The lowest BCUT2D eigenvalue weighted by atomic mass is 9.96. The lowest BCUT2D eigenvalue weighted by Gasteiger charge is -2.15. The lowest BCUT2D eigenvalue weighted by Crippen LogP contribution is -2.22. The predicted octanol–water partition coefficient (Wildman–Crippen LogP) is 2.99. The molecule has 0 spiro atoms. The predicted molar refractivity (Wildman–Crippen MR) is 110 cm³/mol. The second kappa shape index (κ2) is 10.8. The Balaban J connectivity index is 0.00000392. The molecule has 0 aliphatic carbocycles. The summed E-state index contributed by atoms with van der Waals surface area (Å²) < 4.78 is 15.9. The zero-order chi connectivity index (χ0) is 19.8. The molecule has 2 aromatic rings. The molecule has 0 aliphatic heterocycles. The first-order chi connectivity index (χ1) is 13.1. The van der Waals surface area contributed by atoms with Crippen LogP contribution in [0, 0.1) is 11.3 Å². The molecule has 1 amide bonds. The van der Waals surface area contributed by atoms with E-state index in [1.165, 1.54) is 13.2 Å². The summed E-state index contributed by atoms with van der Waals surface area (Å²) in [4.78, 5) is 11.7. The van der Waals surface area contributed by atoms with Gasteiger partial charge >= 0.3 is 0 Å². The summed E-state index contributed by atoms with van der Waals surface area (Å²) in [5, 5.41) is 12.0. The molecule has 0 bridgehead atoms. The smallest absolute Gasteiger partial charge is 0.238 e. The van der Waals surface area contributed by atoms with Gasteiger partial charge in [-0.05, 0) is 41.0 Å². The Morgan fingerprint density at radius 2 is 1.71 bits per heavy atom. The number of nitrogens with zero attached hydrogens (tertiary/aromatic N) is 1. The van der Waals surface area contributed by atoms with E-state index in [1.54, 1.807) is 50.6 Å². The van der Waals surface area contributed by atoms with Gasteiger partial charge in [0.25, 0.3) is 0 Å². The van der Waals surface area contributed by atoms with Gasteiger partial charge in [-0.25, -0.2) is 0 Å². The standard InChI is InChI=1S/C20H21N3O4.ClH/c1-25-15-8-14(9-16(11-15)26-2)17(6-7-21)13-4-5-19(27-3)18(10-13)23-20(24)12-22;/h4-6,8-11H,12,22H2,1-3H3,(H,23,24);1H/b17-6-;. The number of methoxy groups -OCH3 is 3. The number of allylic oxidation sites excluding steroid dienone is 1. The van der Waals surface area contributed by atoms with Crippen LogP contribution in [0.15, 0.2) is 42.5 Å². The van der Waals surface area contributed by atoms with Crippen LogP contribution >= 0.6 is 12.4 Å². The molecule has 0 saturated carbocycles. The Kier molecular flexibility index (Phi) is 8.82. The lowest BCUT2D eigenvalue weighted by molar-refractivity contribution is -0.114. The maximum Gasteiger partial charge on any atom is 0.238 e. The molecule has 148 valence electrons. The van der Waals surface area contributed by atoms with Crippen molar-refractivity contribution in [1.29, 1.82) is 5.26 Å². The first-order valence-corrected chi connectivity index (χ1v) is 8.07. The van der Waals surface area contributed by atoms with Gasteiger partial charge in [-0.3, -0.25) is 4.79 Å². The summed E-state index contributed by atoms with van der Waals surface area (Å²) in [7, 11) is 4.62. The first-order valence-electron chi connectivity index (χ1n) is 8.07. The van der Waals surface area contributed by atoms with Gasteiger partial charge in [0.2, 0.25) is 5.91 Å². The van der Waals surface area contributed by atoms with Crippen molar-refractivity contribution in [2.24, 2.45) is 5.73 Å². The molecule has 2 rings (SSSR count). The molecule has 0 atom stereocenters. The van der Waals surface area contributed by atoms with Gasteiger partial charge in [0.1, 0.15) is 17.2 Å². The van der Waals surface area contributed by atoms with Gasteiger partial charge in [0, 0.05) is 12.1 Å². The van der Waals surface area contributed by atoms with Gasteiger partial charge in [0.05, 0.1) is 39.6 Å². The number of nitrogens with one attached hydrogen (secondary N) is 1. The number of nitrogens with two attached hydrogens (primary N) is 1. The second-order valence-corrected chi connectivity index (χ2v) is 5.46. The third-order valence-electron chi connectivity index (χ3n) is 3.84. The van der Waals surface area contributed by atoms with Crippen LogP contribution in [0.25, 0.3) is 5.57 Å². The molecule has 0 aliphatic rings. The maximum atomic E-state index is 11.7. The number of hydrogen-bond acceptors (Lipinski definition) is 6. The Bertz CT molecular complexity index is 885. The zero-order valence-electron chi connectivity index (χ0n) is 15.8. The van der Waals surface area contributed by atoms with Crippen molar-refractivity contribution >= 4 is 29.6 Å². The van der Waals surface area contributed by atoms with Crippen molar-refractivity contribution < 1.29 is 19.0 Å². The van der Waals surface area contributed by atoms with Crippen LogP contribution in [-0.4, -0.2) is 33.8 Å². The van der Waals surface area contributed by atoms with E-state index in [0.29, 0.717) is 34.1 Å². The number of carbonyl (C=O) groups excluding carboxylic acids is 1. The fourth-order valence-electron chi connectivity index (χ4n) is 2.54. The molecule has 0 fully saturated rings. The van der Waals surface area contributed by atoms with Crippen molar-refractivity contribution in [2.45, 2.75) is 0 Å². The Morgan fingerprint density at radius 1 is 1.07 bits per heavy atom. The molecule has 0 heterocycles. The third kappa shape index (κ3) is 5.39. The number of amides is 1. The summed E-state index contributed by atoms with van der Waals surface area (Å²) in [6.45, 7) is -0.151. The van der Waals surface area contributed by atoms with Gasteiger partial charge in [-0.2, -0.15) is 5.26 Å². The van der Waals surface area contributed by atoms with Crippen LogP contribution in [-0.2, 0) is 4.79 Å². The topological polar surface area (TPSA) is 107 Å². The van der Waals surface area contributed by atoms with E-state index in [-0.39, 0.29) is 24.9 Å². The number of rotatable bonds is 7. The van der Waals surface area contributed by atoms with Gasteiger partial charge in [-0.1, -0.05) is 6.07 Å². The highest BCUT2D eigenvalue weighted by atomic mass is 35.5. The average Bonchev–Trinajstić information content (AvgIpc) is 2.71. The number of nitriles is 1. The number of anilines is 1. The van der Waals surface area contributed by atoms with Crippen molar-refractivity contribution in [2.75, 3.05) is 33.2 Å². The summed E-state index contributed by atoms with van der Waals surface area (Å²) in [5.74, 6) is 1.33. The first kappa shape index (κ1) is 22.8. The minimum absolute atomic E-state index is 0. The molecule has 28 heavy (non-hydrogen) atoms. The summed E-state index contributed by atoms with van der Waals surface area (Å²) in [5.41, 5.74) is 7.92. The highest BCUT2D eigenvalue weighted by Crippen LogP contribution is 2.34. The fraction of sp³-hybridized carbons (Fsp3) is 0.200. The van der Waals surface area contributed by atoms with Gasteiger partial charge < -0.3 is 25.3 Å². The van der Waals surface area contributed by atoms with Crippen LogP contribution in [0.3, 0.4) is 0 Å². The van der Waals surface area contributed by atoms with E-state index in [0.717, 1.165) is 5.56 Å². The number of halogens is 1. The van der Waals surface area contributed by atoms with E-state index in [2.05, 4.69) is 11.4 Å². The van der Waals surface area contributed by atoms with Crippen molar-refractivity contribution in [3.63, 3.8) is 0 Å². The molecule has 7 nitrogen and oxygen atoms in total. The molecule has 2 aromatic carbocycles. The van der Waals surface area contributed by atoms with E-state index in [4.69, 9.17) is 19.9 Å². The van der Waals surface area contributed by atoms with Gasteiger partial charge in [0.15, 0.2) is 0 Å². The monoisotopic (exact) mass is 403 g/mol. The van der Waals surface area contributed by atoms with Crippen molar-refractivity contribution in [3.05, 3.63) is 53.6 Å². The van der Waals surface area contributed by atoms with Crippen LogP contribution in [0.2, 0.25) is 0 Å². The molecule has 0 aromatic heterocycles. The molecule has 3 N–H and O–H groups in total. The quantitative estimate of drug-likeness (QED) is 0.688. The van der Waals surface area contributed by atoms with Crippen LogP contribution in [0.5, 0.6) is 17.2 Å². The molecular formula is C20H22ClN3O4. The number of ether oxygens (including phenoxy) is 3. The van der Waals surface area contributed by atoms with Crippen LogP contribution < -0.4 is 25.3 Å². The summed E-state index contributed by atoms with van der Waals surface area (Å²) in [6.07, 6.45) is 1.42. The number of benzene rings is 2. The van der Waals surface area contributed by atoms with Crippen molar-refractivity contribution in [1.82, 2.24) is 0 Å². The SMILES string of the molecule is COc1cc(OC)cc(/C(=C\C#N)c2ccc(OC)c(NC(=O)CN)c2)c1.Cl. The molecule has 0 radical (unpaired) electrons. The van der Waals surface area contributed by atoms with E-state index in [1.807, 2.05) is 0 Å². The van der Waals surface area contributed by atoms with Gasteiger partial charge in [-0.15, -0.1) is 12.4 Å². The van der Waals surface area contributed by atoms with E-state index < -0.39 is 0 Å². The maximum absolute atomic E-state index is 11.7. The van der Waals surface area contributed by atoms with E-state index >= 15 is 0 Å². The molecular weight excluding hydrogens is 382 g/mol. The Hall–Kier alpha value is -3.21. The molecule has 0 unspecified atom stereocenters. The highest BCUT2D eigenvalue weighted by Gasteiger charge is 2.13. The fourth-order valence-corrected chi connectivity index (χ4v) is 2.54. The number of carbonyl (C=O) groups is 1. The largest absolute Gasteiger partial charge is 0.497 e. The summed E-state index contributed by atoms with van der Waals surface area (Å²) in [6, 6.07) is 12.6. The third-order valence-corrected chi connectivity index (χ3v) is 3.84. The Labute approximate surface area is 170 Å². The normalized spacial score (nSPS) is 10.3. The highest BCUT2D eigenvalue weighted by molar-refractivity contribution is 5.95. The number of hydrogen-bond donors (Lipinski definition) is 2. The zero-order valence-corrected chi connectivity index (χ0v) is 16.6. The van der Waals surface area contributed by atoms with Crippen LogP contribution in [0.1, 0.15) is 11.1 Å². The summed E-state index contributed by atoms with van der Waals surface area (Å²) >= 11 is 0. The minimum Gasteiger partial charge on any atom is -0.497 e. The van der Waals surface area contributed by atoms with Crippen molar-refractivity contribution in [3.8, 4) is 23.3 Å². The Morgan fingerprint density at radius 3 is 2.21 bits per heavy atom. The van der Waals surface area contributed by atoms with E-state index in [9.17, 15) is 10.1 Å². The molecule has 8 heteroatoms. The second-order valence-electron chi connectivity index (χ2n) is 5.46. The molecule has 0 saturated heterocycles. The average molecular weight is 404 g/mol. The van der Waals surface area contributed by atoms with Crippen LogP contribution in [0.4, 0.5) is 5.69 Å². The minimum atomic E-state index is -0.348.